The van der Waals surface area contributed by atoms with Crippen molar-refractivity contribution in [3.63, 3.8) is 0 Å². The summed E-state index contributed by atoms with van der Waals surface area (Å²) in [6, 6.07) is 0. The summed E-state index contributed by atoms with van der Waals surface area (Å²) in [5.74, 6) is -1.06. The second kappa shape index (κ2) is 48.2. The van der Waals surface area contributed by atoms with Crippen molar-refractivity contribution in [2.75, 3.05) is 13.2 Å². The Hall–Kier alpha value is -4.45. The molecule has 0 heterocycles. The van der Waals surface area contributed by atoms with Gasteiger partial charge < -0.3 is 14.2 Å². The molecule has 0 radical (unpaired) electrons. The fourth-order valence-electron chi connectivity index (χ4n) is 5.77. The summed E-state index contributed by atoms with van der Waals surface area (Å²) in [7, 11) is 0. The lowest BCUT2D eigenvalue weighted by Crippen LogP contribution is -2.30. The average Bonchev–Trinajstić information content (AvgIpc) is 3.26. The Morgan fingerprint density at radius 1 is 0.344 bits per heavy atom. The highest BCUT2D eigenvalue weighted by molar-refractivity contribution is 5.71. The first-order valence-electron chi connectivity index (χ1n) is 23.7. The van der Waals surface area contributed by atoms with Gasteiger partial charge in [-0.3, -0.25) is 14.4 Å². The predicted octanol–water partition coefficient (Wildman–Crippen LogP) is 15.5. The number of allylic oxidation sites excluding steroid dienone is 22. The third-order valence-electron chi connectivity index (χ3n) is 9.24. The van der Waals surface area contributed by atoms with Crippen LogP contribution in [0, 0.1) is 0 Å². The van der Waals surface area contributed by atoms with Crippen molar-refractivity contribution in [2.24, 2.45) is 0 Å². The van der Waals surface area contributed by atoms with Gasteiger partial charge >= 0.3 is 17.9 Å². The first-order valence-corrected chi connectivity index (χ1v) is 23.7. The van der Waals surface area contributed by atoms with Gasteiger partial charge in [-0.1, -0.05) is 193 Å². The van der Waals surface area contributed by atoms with E-state index in [0.717, 1.165) is 128 Å². The zero-order valence-electron chi connectivity index (χ0n) is 38.6. The van der Waals surface area contributed by atoms with Crippen LogP contribution in [0.25, 0.3) is 0 Å². The number of ether oxygens (including phenoxy) is 3. The molecule has 6 heteroatoms. The number of rotatable bonds is 40. The molecule has 1 unspecified atom stereocenters. The molecule has 0 aliphatic rings. The normalized spacial score (nSPS) is 13.3. The molecule has 0 bridgehead atoms. The van der Waals surface area contributed by atoms with Gasteiger partial charge in [0.2, 0.25) is 0 Å². The molecule has 0 spiro atoms. The molecule has 0 N–H and O–H groups in total. The molecule has 340 valence electrons. The van der Waals surface area contributed by atoms with Crippen LogP contribution in [0.5, 0.6) is 0 Å². The average molecular weight is 841 g/mol. The van der Waals surface area contributed by atoms with Crippen LogP contribution in [0.4, 0.5) is 0 Å². The number of unbranched alkanes of at least 4 members (excludes halogenated alkanes) is 10. The van der Waals surface area contributed by atoms with Crippen LogP contribution in [0.1, 0.15) is 175 Å². The maximum Gasteiger partial charge on any atom is 0.306 e. The molecular weight excluding hydrogens is 757 g/mol. The molecule has 0 aromatic rings. The molecule has 0 rings (SSSR count). The molecule has 0 fully saturated rings. The topological polar surface area (TPSA) is 78.9 Å². The third-order valence-corrected chi connectivity index (χ3v) is 9.24. The fraction of sp³-hybridized carbons (Fsp3) is 0.545. The summed E-state index contributed by atoms with van der Waals surface area (Å²) >= 11 is 0. The minimum absolute atomic E-state index is 0.124. The highest BCUT2D eigenvalue weighted by Gasteiger charge is 2.19. The van der Waals surface area contributed by atoms with Crippen molar-refractivity contribution in [2.45, 2.75) is 181 Å². The number of carbonyl (C=O) groups is 3. The number of esters is 3. The van der Waals surface area contributed by atoms with E-state index in [4.69, 9.17) is 14.2 Å². The van der Waals surface area contributed by atoms with Crippen LogP contribution in [0.3, 0.4) is 0 Å². The maximum absolute atomic E-state index is 12.8. The van der Waals surface area contributed by atoms with E-state index in [2.05, 4.69) is 118 Å². The van der Waals surface area contributed by atoms with E-state index >= 15 is 0 Å². The minimum Gasteiger partial charge on any atom is -0.462 e. The first kappa shape index (κ1) is 56.5. The molecule has 1 atom stereocenters. The standard InChI is InChI=1S/C55H84O6/c1-4-7-10-13-16-19-22-25-27-29-30-33-36-39-42-45-48-54(57)60-51-52(50-59-53(56)47-44-41-38-35-32-24-21-18-15-12-9-6-3)61-55(58)49-46-43-40-37-34-31-28-26-23-20-17-14-11-8-5-2/h7-12,14,16-21,23,25-28,30,33,39,42,52H,4-6,13,15,22,24,29,31-32,34-38,40-41,43-51H2,1-3H3/b10-7-,11-8-,12-9-,17-14-,19-16-,21-18-,23-20-,27-25-,28-26-,33-30-,42-39-. The molecule has 0 aromatic heterocycles. The minimum atomic E-state index is -0.830. The van der Waals surface area contributed by atoms with Crippen LogP contribution in [0.15, 0.2) is 134 Å². The van der Waals surface area contributed by atoms with Crippen LogP contribution < -0.4 is 0 Å². The molecule has 0 aromatic carbocycles. The summed E-state index contributed by atoms with van der Waals surface area (Å²) in [6.07, 6.45) is 67.3. The zero-order chi connectivity index (χ0) is 44.4. The van der Waals surface area contributed by atoms with Gasteiger partial charge in [0, 0.05) is 19.3 Å². The Morgan fingerprint density at radius 3 is 1.21 bits per heavy atom. The van der Waals surface area contributed by atoms with Gasteiger partial charge in [0.25, 0.3) is 0 Å². The van der Waals surface area contributed by atoms with Crippen LogP contribution >= 0.6 is 0 Å². The molecule has 0 aliphatic carbocycles. The van der Waals surface area contributed by atoms with Crippen molar-refractivity contribution in [1.29, 1.82) is 0 Å². The second-order valence-corrected chi connectivity index (χ2v) is 15.0. The lowest BCUT2D eigenvalue weighted by molar-refractivity contribution is -0.166. The monoisotopic (exact) mass is 841 g/mol. The molecule has 0 aliphatic heterocycles. The maximum atomic E-state index is 12.8. The highest BCUT2D eigenvalue weighted by Crippen LogP contribution is 2.12. The van der Waals surface area contributed by atoms with Crippen molar-refractivity contribution in [3.05, 3.63) is 134 Å². The van der Waals surface area contributed by atoms with Crippen molar-refractivity contribution in [3.8, 4) is 0 Å². The van der Waals surface area contributed by atoms with Gasteiger partial charge in [0.05, 0.1) is 0 Å². The van der Waals surface area contributed by atoms with E-state index in [9.17, 15) is 14.4 Å². The van der Waals surface area contributed by atoms with E-state index in [1.807, 2.05) is 36.5 Å². The Bertz CT molecular complexity index is 1380. The van der Waals surface area contributed by atoms with Crippen LogP contribution in [-0.2, 0) is 28.6 Å². The van der Waals surface area contributed by atoms with Gasteiger partial charge in [0.1, 0.15) is 13.2 Å². The van der Waals surface area contributed by atoms with Gasteiger partial charge in [-0.2, -0.15) is 0 Å². The lowest BCUT2D eigenvalue weighted by atomic mass is 10.1. The summed E-state index contributed by atoms with van der Waals surface area (Å²) in [5.41, 5.74) is 0. The van der Waals surface area contributed by atoms with E-state index in [-0.39, 0.29) is 44.0 Å². The Kier molecular flexibility index (Phi) is 44.7. The highest BCUT2D eigenvalue weighted by atomic mass is 16.6. The van der Waals surface area contributed by atoms with Crippen molar-refractivity contribution in [1.82, 2.24) is 0 Å². The SMILES string of the molecule is CC\C=C/C=C\C=C/C=C\CCCCCCCC(=O)OC(COC(=O)CC/C=C\C/C=C\C/C=C\C/C=C\C/C=C\CC)COC(=O)CCCCCCC/C=C\C/C=C\CC. The quantitative estimate of drug-likeness (QED) is 0.0201. The second-order valence-electron chi connectivity index (χ2n) is 15.0. The first-order chi connectivity index (χ1) is 30.0. The van der Waals surface area contributed by atoms with Gasteiger partial charge in [0.15, 0.2) is 6.10 Å². The molecule has 0 saturated heterocycles. The van der Waals surface area contributed by atoms with E-state index in [1.54, 1.807) is 0 Å². The summed E-state index contributed by atoms with van der Waals surface area (Å²) < 4.78 is 16.6. The van der Waals surface area contributed by atoms with E-state index < -0.39 is 6.10 Å². The molecule has 6 nitrogen and oxygen atoms in total. The van der Waals surface area contributed by atoms with Crippen molar-refractivity contribution < 1.29 is 28.6 Å². The van der Waals surface area contributed by atoms with Gasteiger partial charge in [-0.05, 0) is 96.3 Å². The number of hydrogen-bond donors (Lipinski definition) is 0. The van der Waals surface area contributed by atoms with E-state index in [1.165, 1.54) is 0 Å². The number of carbonyl (C=O) groups excluding carboxylic acids is 3. The number of hydrogen-bond acceptors (Lipinski definition) is 6. The summed E-state index contributed by atoms with van der Waals surface area (Å²) in [5, 5.41) is 0. The Labute approximate surface area is 373 Å². The predicted molar refractivity (Wildman–Crippen MR) is 260 cm³/mol. The fourth-order valence-corrected chi connectivity index (χ4v) is 5.77. The third kappa shape index (κ3) is 46.5. The zero-order valence-corrected chi connectivity index (χ0v) is 38.6. The molecule has 0 amide bonds. The Morgan fingerprint density at radius 2 is 0.705 bits per heavy atom. The Balaban J connectivity index is 4.59. The van der Waals surface area contributed by atoms with Crippen LogP contribution in [0.2, 0.25) is 0 Å². The van der Waals surface area contributed by atoms with E-state index in [0.29, 0.717) is 12.8 Å². The lowest BCUT2D eigenvalue weighted by Gasteiger charge is -2.18. The van der Waals surface area contributed by atoms with Crippen LogP contribution in [-0.4, -0.2) is 37.2 Å². The molecule has 61 heavy (non-hydrogen) atoms. The largest absolute Gasteiger partial charge is 0.462 e. The van der Waals surface area contributed by atoms with Gasteiger partial charge in [-0.25, -0.2) is 0 Å². The summed E-state index contributed by atoms with van der Waals surface area (Å²) in [6.45, 7) is 6.14. The van der Waals surface area contributed by atoms with Gasteiger partial charge in [-0.15, -0.1) is 0 Å². The van der Waals surface area contributed by atoms with Crippen molar-refractivity contribution >= 4 is 17.9 Å². The smallest absolute Gasteiger partial charge is 0.306 e. The molecule has 0 saturated carbocycles. The molecular formula is C55H84O6. The summed E-state index contributed by atoms with van der Waals surface area (Å²) in [4.78, 5) is 37.8.